The van der Waals surface area contributed by atoms with Crippen LogP contribution in [0.15, 0.2) is 36.2 Å². The lowest BCUT2D eigenvalue weighted by Crippen LogP contribution is -2.24. The summed E-state index contributed by atoms with van der Waals surface area (Å²) in [5.74, 6) is 1.70. The monoisotopic (exact) mass is 347 g/mol. The first kappa shape index (κ1) is 16.4. The van der Waals surface area contributed by atoms with E-state index in [1.807, 2.05) is 37.3 Å². The molecular weight excluding hydrogens is 326 g/mol. The van der Waals surface area contributed by atoms with Gasteiger partial charge in [0.1, 0.15) is 11.6 Å². The van der Waals surface area contributed by atoms with Crippen molar-refractivity contribution in [3.63, 3.8) is 0 Å². The molecule has 0 unspecified atom stereocenters. The number of nitrogens with zero attached hydrogens (tertiary/aromatic N) is 3. The van der Waals surface area contributed by atoms with Crippen LogP contribution in [0.2, 0.25) is 0 Å². The van der Waals surface area contributed by atoms with Gasteiger partial charge in [0.25, 0.3) is 0 Å². The molecule has 2 aliphatic rings. The van der Waals surface area contributed by atoms with Gasteiger partial charge >= 0.3 is 0 Å². The van der Waals surface area contributed by atoms with Crippen LogP contribution in [0.5, 0.6) is 5.75 Å². The van der Waals surface area contributed by atoms with Gasteiger partial charge in [-0.3, -0.25) is 0 Å². The van der Waals surface area contributed by atoms with Gasteiger partial charge in [0.2, 0.25) is 11.8 Å². The molecule has 0 amide bonds. The molecule has 6 heteroatoms. The Balaban J connectivity index is 1.64. The van der Waals surface area contributed by atoms with Gasteiger partial charge in [0.05, 0.1) is 11.4 Å². The Hall–Kier alpha value is -3.07. The number of hydrogen-bond acceptors (Lipinski definition) is 6. The molecule has 0 radical (unpaired) electrons. The summed E-state index contributed by atoms with van der Waals surface area (Å²) in [5.41, 5.74) is 2.60. The van der Waals surface area contributed by atoms with E-state index in [1.165, 1.54) is 19.3 Å². The molecule has 0 spiro atoms. The summed E-state index contributed by atoms with van der Waals surface area (Å²) in [6.07, 6.45) is 6.05. The molecule has 1 aromatic carbocycles. The van der Waals surface area contributed by atoms with Crippen LogP contribution in [0, 0.1) is 18.3 Å². The van der Waals surface area contributed by atoms with Crippen LogP contribution < -0.4 is 15.4 Å². The number of rotatable bonds is 3. The highest BCUT2D eigenvalue weighted by molar-refractivity contribution is 5.82. The van der Waals surface area contributed by atoms with Gasteiger partial charge in [-0.1, -0.05) is 31.4 Å². The third-order valence-electron chi connectivity index (χ3n) is 4.73. The van der Waals surface area contributed by atoms with Gasteiger partial charge in [0.15, 0.2) is 5.75 Å². The molecule has 132 valence electrons. The van der Waals surface area contributed by atoms with Crippen molar-refractivity contribution in [2.24, 2.45) is 0 Å². The summed E-state index contributed by atoms with van der Waals surface area (Å²) in [5, 5.41) is 16.3. The maximum absolute atomic E-state index is 9.71. The molecule has 4 rings (SSSR count). The fourth-order valence-corrected chi connectivity index (χ4v) is 3.45. The maximum atomic E-state index is 9.71. The van der Waals surface area contributed by atoms with Crippen LogP contribution in [0.4, 0.5) is 11.6 Å². The van der Waals surface area contributed by atoms with Crippen molar-refractivity contribution in [2.45, 2.75) is 45.1 Å². The van der Waals surface area contributed by atoms with Crippen LogP contribution in [0.1, 0.15) is 43.5 Å². The topological polar surface area (TPSA) is 82.9 Å². The zero-order valence-corrected chi connectivity index (χ0v) is 14.7. The molecule has 0 saturated heterocycles. The third kappa shape index (κ3) is 3.33. The normalized spacial score (nSPS) is 18.3. The van der Waals surface area contributed by atoms with Crippen LogP contribution >= 0.6 is 0 Å². The molecule has 2 N–H and O–H groups in total. The number of aryl methyl sites for hydroxylation is 1. The van der Waals surface area contributed by atoms with E-state index in [0.717, 1.165) is 24.2 Å². The van der Waals surface area contributed by atoms with E-state index in [2.05, 4.69) is 26.7 Å². The standard InChI is InChI=1S/C20H21N5O/c1-13-11-17(25-20(22-13)23-14-7-3-2-4-8-14)15(12-21)19-24-16-9-5-6-10-18(16)26-19/h5-6,9-11,14,24H,2-4,7-8H2,1H3,(H,22,23,25)/b19-15-. The quantitative estimate of drug-likeness (QED) is 0.809. The fraction of sp³-hybridized carbons (Fsp3) is 0.350. The zero-order chi connectivity index (χ0) is 17.9. The van der Waals surface area contributed by atoms with E-state index in [1.54, 1.807) is 0 Å². The Kier molecular flexibility index (Phi) is 4.44. The van der Waals surface area contributed by atoms with Gasteiger partial charge in [0, 0.05) is 11.7 Å². The summed E-state index contributed by atoms with van der Waals surface area (Å²) in [4.78, 5) is 9.08. The van der Waals surface area contributed by atoms with Crippen LogP contribution in [-0.2, 0) is 0 Å². The molecular formula is C20H21N5O. The first-order valence-corrected chi connectivity index (χ1v) is 9.04. The maximum Gasteiger partial charge on any atom is 0.223 e. The molecule has 1 aliphatic heterocycles. The highest BCUT2D eigenvalue weighted by Crippen LogP contribution is 2.35. The summed E-state index contributed by atoms with van der Waals surface area (Å²) < 4.78 is 5.81. The molecule has 26 heavy (non-hydrogen) atoms. The summed E-state index contributed by atoms with van der Waals surface area (Å²) in [7, 11) is 0. The predicted octanol–water partition coefficient (Wildman–Crippen LogP) is 4.23. The number of aromatic nitrogens is 2. The second-order valence-electron chi connectivity index (χ2n) is 6.74. The molecule has 2 aromatic rings. The lowest BCUT2D eigenvalue weighted by molar-refractivity contribution is 0.459. The minimum Gasteiger partial charge on any atom is -0.437 e. The van der Waals surface area contributed by atoms with E-state index in [0.29, 0.717) is 34.9 Å². The van der Waals surface area contributed by atoms with Crippen molar-refractivity contribution < 1.29 is 4.74 Å². The average molecular weight is 347 g/mol. The zero-order valence-electron chi connectivity index (χ0n) is 14.7. The minimum atomic E-state index is 0.374. The van der Waals surface area contributed by atoms with Crippen LogP contribution in [0.3, 0.4) is 0 Å². The number of benzene rings is 1. The van der Waals surface area contributed by atoms with Gasteiger partial charge in [-0.2, -0.15) is 5.26 Å². The Morgan fingerprint density at radius 3 is 2.81 bits per heavy atom. The van der Waals surface area contributed by atoms with Crippen LogP contribution in [-0.4, -0.2) is 16.0 Å². The molecule has 1 fully saturated rings. The SMILES string of the molecule is Cc1cc(/C(C#N)=C2/Nc3ccccc3O2)nc(NC2CCCCC2)n1. The molecule has 6 nitrogen and oxygen atoms in total. The molecule has 1 saturated carbocycles. The molecule has 1 aliphatic carbocycles. The largest absolute Gasteiger partial charge is 0.437 e. The van der Waals surface area contributed by atoms with Crippen molar-refractivity contribution >= 4 is 17.2 Å². The van der Waals surface area contributed by atoms with Crippen molar-refractivity contribution in [3.8, 4) is 11.8 Å². The third-order valence-corrected chi connectivity index (χ3v) is 4.73. The van der Waals surface area contributed by atoms with Crippen molar-refractivity contribution in [3.05, 3.63) is 47.6 Å². The van der Waals surface area contributed by atoms with E-state index in [4.69, 9.17) is 4.74 Å². The van der Waals surface area contributed by atoms with Crippen molar-refractivity contribution in [1.82, 2.24) is 9.97 Å². The number of anilines is 2. The van der Waals surface area contributed by atoms with E-state index in [-0.39, 0.29) is 0 Å². The smallest absolute Gasteiger partial charge is 0.223 e. The summed E-state index contributed by atoms with van der Waals surface area (Å²) >= 11 is 0. The lowest BCUT2D eigenvalue weighted by atomic mass is 9.96. The molecule has 0 bridgehead atoms. The molecule has 1 aromatic heterocycles. The van der Waals surface area contributed by atoms with E-state index >= 15 is 0 Å². The highest BCUT2D eigenvalue weighted by atomic mass is 16.5. The van der Waals surface area contributed by atoms with Gasteiger partial charge < -0.3 is 15.4 Å². The number of nitriles is 1. The Bertz CT molecular complexity index is 866. The highest BCUT2D eigenvalue weighted by Gasteiger charge is 2.23. The Morgan fingerprint density at radius 2 is 2.04 bits per heavy atom. The molecule has 2 heterocycles. The Labute approximate surface area is 152 Å². The number of nitrogens with one attached hydrogen (secondary N) is 2. The number of para-hydroxylation sites is 2. The first-order valence-electron chi connectivity index (χ1n) is 9.04. The fourth-order valence-electron chi connectivity index (χ4n) is 3.45. The minimum absolute atomic E-state index is 0.374. The first-order chi connectivity index (χ1) is 12.7. The second kappa shape index (κ2) is 7.04. The number of allylic oxidation sites excluding steroid dienone is 1. The second-order valence-corrected chi connectivity index (χ2v) is 6.74. The van der Waals surface area contributed by atoms with Crippen LogP contribution in [0.25, 0.3) is 5.57 Å². The van der Waals surface area contributed by atoms with Crippen molar-refractivity contribution in [2.75, 3.05) is 10.6 Å². The summed E-state index contributed by atoms with van der Waals surface area (Å²) in [6.45, 7) is 1.91. The number of ether oxygens (including phenoxy) is 1. The van der Waals surface area contributed by atoms with E-state index < -0.39 is 0 Å². The number of fused-ring (bicyclic) bond motifs is 1. The molecule has 0 atom stereocenters. The summed E-state index contributed by atoms with van der Waals surface area (Å²) in [6, 6.07) is 12.0. The Morgan fingerprint density at radius 1 is 1.23 bits per heavy atom. The van der Waals surface area contributed by atoms with E-state index in [9.17, 15) is 5.26 Å². The van der Waals surface area contributed by atoms with Crippen molar-refractivity contribution in [1.29, 1.82) is 5.26 Å². The average Bonchev–Trinajstić information content (AvgIpc) is 3.06. The van der Waals surface area contributed by atoms with Gasteiger partial charge in [-0.05, 0) is 38.0 Å². The van der Waals surface area contributed by atoms with Gasteiger partial charge in [-0.15, -0.1) is 0 Å². The predicted molar refractivity (Wildman–Crippen MR) is 100 cm³/mol. The van der Waals surface area contributed by atoms with Gasteiger partial charge in [-0.25, -0.2) is 9.97 Å². The number of hydrogen-bond donors (Lipinski definition) is 2. The lowest BCUT2D eigenvalue weighted by Gasteiger charge is -2.23.